The smallest absolute Gasteiger partial charge is 0.338 e. The maximum Gasteiger partial charge on any atom is 0.338 e. The number of pyridine rings is 1. The summed E-state index contributed by atoms with van der Waals surface area (Å²) in [6.07, 6.45) is 6.54. The van der Waals surface area contributed by atoms with Gasteiger partial charge in [-0.15, -0.1) is 0 Å². The molecular formula is C22H26N6O3. The first-order chi connectivity index (χ1) is 15.0. The fraction of sp³-hybridized carbons (Fsp3) is 0.364. The number of nitrogens with zero attached hydrogens (tertiary/aromatic N) is 4. The third-order valence-corrected chi connectivity index (χ3v) is 5.41. The summed E-state index contributed by atoms with van der Waals surface area (Å²) < 4.78 is 10.8. The molecular weight excluding hydrogens is 396 g/mol. The van der Waals surface area contributed by atoms with Crippen molar-refractivity contribution < 1.29 is 14.3 Å². The second-order valence-corrected chi connectivity index (χ2v) is 7.52. The summed E-state index contributed by atoms with van der Waals surface area (Å²) in [5, 5.41) is 0. The van der Waals surface area contributed by atoms with Crippen LogP contribution in [0, 0.1) is 0 Å². The summed E-state index contributed by atoms with van der Waals surface area (Å²) in [7, 11) is 0. The summed E-state index contributed by atoms with van der Waals surface area (Å²) in [5.41, 5.74) is 12.9. The van der Waals surface area contributed by atoms with E-state index in [9.17, 15) is 4.79 Å². The highest BCUT2D eigenvalue weighted by Gasteiger charge is 2.42. The maximum atomic E-state index is 11.9. The lowest BCUT2D eigenvalue weighted by Crippen LogP contribution is -2.58. The van der Waals surface area contributed by atoms with Crippen LogP contribution in [0.2, 0.25) is 0 Å². The van der Waals surface area contributed by atoms with E-state index in [1.54, 1.807) is 19.1 Å². The van der Waals surface area contributed by atoms with Gasteiger partial charge in [0.2, 0.25) is 17.8 Å². The average Bonchev–Trinajstić information content (AvgIpc) is 2.75. The van der Waals surface area contributed by atoms with E-state index in [-0.39, 0.29) is 5.96 Å². The van der Waals surface area contributed by atoms with E-state index in [1.165, 1.54) is 12.6 Å². The summed E-state index contributed by atoms with van der Waals surface area (Å²) >= 11 is 0. The molecule has 4 N–H and O–H groups in total. The van der Waals surface area contributed by atoms with Gasteiger partial charge in [-0.2, -0.15) is 4.99 Å². The van der Waals surface area contributed by atoms with E-state index in [2.05, 4.69) is 15.0 Å². The highest BCUT2D eigenvalue weighted by molar-refractivity contribution is 6.05. The Morgan fingerprint density at radius 3 is 2.58 bits per heavy atom. The number of hydrogen-bond donors (Lipinski definition) is 2. The lowest BCUT2D eigenvalue weighted by molar-refractivity contribution is 0.0526. The maximum absolute atomic E-state index is 11.9. The van der Waals surface area contributed by atoms with Gasteiger partial charge in [-0.05, 0) is 62.9 Å². The number of aliphatic imine (C=N–C) groups is 2. The minimum Gasteiger partial charge on any atom is -0.462 e. The Morgan fingerprint density at radius 2 is 1.87 bits per heavy atom. The molecule has 162 valence electrons. The lowest BCUT2D eigenvalue weighted by atomic mass is 9.87. The van der Waals surface area contributed by atoms with Crippen LogP contribution in [-0.2, 0) is 4.74 Å². The van der Waals surface area contributed by atoms with Gasteiger partial charge in [-0.25, -0.2) is 14.8 Å². The molecule has 0 amide bonds. The fourth-order valence-electron chi connectivity index (χ4n) is 4.09. The summed E-state index contributed by atoms with van der Waals surface area (Å²) in [4.78, 5) is 26.9. The molecule has 1 spiro atoms. The second kappa shape index (κ2) is 8.63. The summed E-state index contributed by atoms with van der Waals surface area (Å²) in [5.74, 6) is 1.03. The number of carbonyl (C=O) groups is 1. The molecule has 2 aliphatic rings. The zero-order valence-electron chi connectivity index (χ0n) is 17.5. The number of nitrogens with two attached hydrogens (primary N) is 2. The molecule has 2 aromatic rings. The number of guanidine groups is 2. The first-order valence-corrected chi connectivity index (χ1v) is 10.4. The molecule has 0 saturated heterocycles. The third kappa shape index (κ3) is 4.30. The Morgan fingerprint density at radius 1 is 1.13 bits per heavy atom. The zero-order chi connectivity index (χ0) is 21.8. The van der Waals surface area contributed by atoms with Gasteiger partial charge >= 0.3 is 5.97 Å². The van der Waals surface area contributed by atoms with E-state index >= 15 is 0 Å². The Kier molecular flexibility index (Phi) is 5.75. The third-order valence-electron chi connectivity index (χ3n) is 5.41. The zero-order valence-corrected chi connectivity index (χ0v) is 17.5. The van der Waals surface area contributed by atoms with Crippen molar-refractivity contribution in [2.45, 2.75) is 44.7 Å². The predicted molar refractivity (Wildman–Crippen MR) is 118 cm³/mol. The summed E-state index contributed by atoms with van der Waals surface area (Å²) in [6, 6.07) is 10.6. The largest absolute Gasteiger partial charge is 0.462 e. The highest BCUT2D eigenvalue weighted by atomic mass is 16.5. The van der Waals surface area contributed by atoms with Crippen LogP contribution in [0.5, 0.6) is 11.6 Å². The lowest BCUT2D eigenvalue weighted by Gasteiger charge is -2.45. The predicted octanol–water partition coefficient (Wildman–Crippen LogP) is 3.16. The van der Waals surface area contributed by atoms with Gasteiger partial charge in [0.1, 0.15) is 11.4 Å². The van der Waals surface area contributed by atoms with Crippen LogP contribution in [0.3, 0.4) is 0 Å². The van der Waals surface area contributed by atoms with Crippen molar-refractivity contribution in [1.82, 2.24) is 4.98 Å². The van der Waals surface area contributed by atoms with Crippen molar-refractivity contribution in [3.05, 3.63) is 48.2 Å². The van der Waals surface area contributed by atoms with Gasteiger partial charge < -0.3 is 20.9 Å². The number of ether oxygens (including phenoxy) is 2. The Bertz CT molecular complexity index is 1010. The van der Waals surface area contributed by atoms with E-state index in [0.717, 1.165) is 31.4 Å². The molecule has 1 saturated carbocycles. The molecule has 1 aliphatic heterocycles. The fourth-order valence-corrected chi connectivity index (χ4v) is 4.09. The molecule has 9 heteroatoms. The van der Waals surface area contributed by atoms with Crippen molar-refractivity contribution in [3.63, 3.8) is 0 Å². The number of rotatable bonds is 5. The van der Waals surface area contributed by atoms with Crippen LogP contribution in [0.15, 0.2) is 52.6 Å². The van der Waals surface area contributed by atoms with Crippen LogP contribution in [0.4, 0.5) is 5.69 Å². The van der Waals surface area contributed by atoms with E-state index in [1.807, 2.05) is 29.2 Å². The Balaban J connectivity index is 1.55. The van der Waals surface area contributed by atoms with Crippen molar-refractivity contribution in [1.29, 1.82) is 0 Å². The standard InChI is InChI=1S/C22H26N6O3/c1-2-30-19(29)15-10-13-25-18(14-15)31-17-8-6-16(7-9-17)28-21(24)26-20(23)27-22(28)11-4-3-5-12-22/h6-10,13-14H,2-5,11-12H2,1H3,(H4,23,24,26,27). The highest BCUT2D eigenvalue weighted by Crippen LogP contribution is 2.39. The van der Waals surface area contributed by atoms with Crippen LogP contribution < -0.4 is 21.1 Å². The molecule has 1 fully saturated rings. The van der Waals surface area contributed by atoms with Crippen molar-refractivity contribution in [2.75, 3.05) is 11.5 Å². The monoisotopic (exact) mass is 422 g/mol. The number of hydrogen-bond acceptors (Lipinski definition) is 9. The van der Waals surface area contributed by atoms with Crippen LogP contribution in [0.1, 0.15) is 49.4 Å². The molecule has 0 unspecified atom stereocenters. The van der Waals surface area contributed by atoms with Gasteiger partial charge in [-0.1, -0.05) is 6.42 Å². The topological polar surface area (TPSA) is 128 Å². The molecule has 9 nitrogen and oxygen atoms in total. The quantitative estimate of drug-likeness (QED) is 0.708. The van der Waals surface area contributed by atoms with Gasteiger partial charge in [-0.3, -0.25) is 4.90 Å². The van der Waals surface area contributed by atoms with E-state index in [4.69, 9.17) is 20.9 Å². The molecule has 1 aromatic carbocycles. The molecule has 31 heavy (non-hydrogen) atoms. The van der Waals surface area contributed by atoms with Crippen molar-refractivity contribution in [3.8, 4) is 11.6 Å². The molecule has 1 aliphatic carbocycles. The normalized spacial score (nSPS) is 17.6. The van der Waals surface area contributed by atoms with E-state index < -0.39 is 11.6 Å². The summed E-state index contributed by atoms with van der Waals surface area (Å²) in [6.45, 7) is 2.06. The van der Waals surface area contributed by atoms with Gasteiger partial charge in [0.05, 0.1) is 12.2 Å². The molecule has 0 atom stereocenters. The molecule has 0 radical (unpaired) electrons. The van der Waals surface area contributed by atoms with Gasteiger partial charge in [0.15, 0.2) is 0 Å². The van der Waals surface area contributed by atoms with Gasteiger partial charge in [0.25, 0.3) is 0 Å². The minimum atomic E-state index is -0.494. The Labute approximate surface area is 180 Å². The second-order valence-electron chi connectivity index (χ2n) is 7.52. The van der Waals surface area contributed by atoms with Crippen molar-refractivity contribution in [2.24, 2.45) is 21.5 Å². The minimum absolute atomic E-state index is 0.225. The molecule has 0 bridgehead atoms. The SMILES string of the molecule is CCOC(=O)c1ccnc(Oc2ccc(N3C(N)=NC(N)=NC34CCCCC4)cc2)c1. The molecule has 2 heterocycles. The number of carbonyl (C=O) groups excluding carboxylic acids is 1. The van der Waals surface area contributed by atoms with E-state index in [0.29, 0.717) is 29.8 Å². The first kappa shape index (κ1) is 20.6. The number of aromatic nitrogens is 1. The van der Waals surface area contributed by atoms with Crippen LogP contribution >= 0.6 is 0 Å². The van der Waals surface area contributed by atoms with Crippen molar-refractivity contribution >= 4 is 23.6 Å². The number of benzene rings is 1. The number of anilines is 1. The van der Waals surface area contributed by atoms with Gasteiger partial charge in [0, 0.05) is 18.0 Å². The average molecular weight is 422 g/mol. The molecule has 4 rings (SSSR count). The van der Waals surface area contributed by atoms with Crippen LogP contribution in [-0.4, -0.2) is 35.1 Å². The first-order valence-electron chi connectivity index (χ1n) is 10.4. The van der Waals surface area contributed by atoms with Crippen LogP contribution in [0.25, 0.3) is 0 Å². The number of esters is 1. The molecule has 1 aromatic heterocycles. The Hall–Kier alpha value is -3.62.